The minimum absolute atomic E-state index is 0.0765. The summed E-state index contributed by atoms with van der Waals surface area (Å²) in [5.41, 5.74) is 5.28. The largest absolute Gasteiger partial charge is 0.462 e. The van der Waals surface area contributed by atoms with Crippen molar-refractivity contribution in [2.45, 2.75) is 44.6 Å². The highest BCUT2D eigenvalue weighted by Crippen LogP contribution is 2.21. The number of hydrogen-bond donors (Lipinski definition) is 1. The molecule has 1 aliphatic rings. The lowest BCUT2D eigenvalue weighted by atomic mass is 10.3. The maximum Gasteiger partial charge on any atom is 0.306 e. The maximum absolute atomic E-state index is 11.1. The zero-order chi connectivity index (χ0) is 8.81. The Bertz CT molecular complexity index is 141. The smallest absolute Gasteiger partial charge is 0.306 e. The SMILES string of the molecule is NCCCC(=O)OC1CCCC1. The Balaban J connectivity index is 2.08. The average Bonchev–Trinajstić information content (AvgIpc) is 2.53. The molecule has 1 rings (SSSR count). The van der Waals surface area contributed by atoms with E-state index in [0.717, 1.165) is 19.3 Å². The van der Waals surface area contributed by atoms with Gasteiger partial charge in [0.15, 0.2) is 0 Å². The first-order valence-electron chi connectivity index (χ1n) is 4.72. The molecule has 12 heavy (non-hydrogen) atoms. The maximum atomic E-state index is 11.1. The Morgan fingerprint density at radius 1 is 1.42 bits per heavy atom. The predicted molar refractivity (Wildman–Crippen MR) is 46.6 cm³/mol. The minimum atomic E-state index is -0.0765. The van der Waals surface area contributed by atoms with Crippen molar-refractivity contribution in [1.82, 2.24) is 0 Å². The first kappa shape index (κ1) is 9.52. The van der Waals surface area contributed by atoms with Crippen molar-refractivity contribution < 1.29 is 9.53 Å². The average molecular weight is 171 g/mol. The molecule has 3 heteroatoms. The van der Waals surface area contributed by atoms with Crippen LogP contribution in [0.1, 0.15) is 38.5 Å². The minimum Gasteiger partial charge on any atom is -0.462 e. The van der Waals surface area contributed by atoms with Gasteiger partial charge in [-0.15, -0.1) is 0 Å². The Hall–Kier alpha value is -0.570. The Kier molecular flexibility index (Phi) is 4.08. The third kappa shape index (κ3) is 3.22. The fraction of sp³-hybridized carbons (Fsp3) is 0.889. The molecule has 0 aromatic heterocycles. The van der Waals surface area contributed by atoms with Crippen LogP contribution < -0.4 is 5.73 Å². The van der Waals surface area contributed by atoms with Crippen LogP contribution in [0.5, 0.6) is 0 Å². The zero-order valence-electron chi connectivity index (χ0n) is 7.42. The number of hydrogen-bond acceptors (Lipinski definition) is 3. The highest BCUT2D eigenvalue weighted by atomic mass is 16.5. The van der Waals surface area contributed by atoms with Crippen LogP contribution in [-0.2, 0) is 9.53 Å². The van der Waals surface area contributed by atoms with E-state index in [2.05, 4.69) is 0 Å². The van der Waals surface area contributed by atoms with E-state index >= 15 is 0 Å². The second-order valence-corrected chi connectivity index (χ2v) is 3.29. The second kappa shape index (κ2) is 5.14. The fourth-order valence-electron chi connectivity index (χ4n) is 1.50. The van der Waals surface area contributed by atoms with Crippen molar-refractivity contribution in [3.05, 3.63) is 0 Å². The third-order valence-corrected chi connectivity index (χ3v) is 2.19. The van der Waals surface area contributed by atoms with Gasteiger partial charge in [0.2, 0.25) is 0 Å². The van der Waals surface area contributed by atoms with Crippen LogP contribution in [0.15, 0.2) is 0 Å². The molecule has 0 atom stereocenters. The molecule has 0 aromatic carbocycles. The molecule has 0 aromatic rings. The van der Waals surface area contributed by atoms with Crippen molar-refractivity contribution in [3.8, 4) is 0 Å². The molecule has 1 saturated carbocycles. The van der Waals surface area contributed by atoms with Gasteiger partial charge in [0.25, 0.3) is 0 Å². The van der Waals surface area contributed by atoms with Crippen molar-refractivity contribution in [2.75, 3.05) is 6.54 Å². The van der Waals surface area contributed by atoms with Crippen LogP contribution in [-0.4, -0.2) is 18.6 Å². The summed E-state index contributed by atoms with van der Waals surface area (Å²) in [6.45, 7) is 0.569. The molecule has 70 valence electrons. The molecule has 1 aliphatic carbocycles. The lowest BCUT2D eigenvalue weighted by Crippen LogP contribution is -2.15. The summed E-state index contributed by atoms with van der Waals surface area (Å²) in [5, 5.41) is 0. The van der Waals surface area contributed by atoms with Gasteiger partial charge < -0.3 is 10.5 Å². The number of ether oxygens (including phenoxy) is 1. The predicted octanol–water partition coefficient (Wildman–Crippen LogP) is 1.21. The molecule has 3 nitrogen and oxygen atoms in total. The van der Waals surface area contributed by atoms with Crippen LogP contribution in [0.3, 0.4) is 0 Å². The number of rotatable bonds is 4. The van der Waals surface area contributed by atoms with Gasteiger partial charge in [-0.1, -0.05) is 0 Å². The van der Waals surface area contributed by atoms with E-state index in [1.807, 2.05) is 0 Å². The topological polar surface area (TPSA) is 52.3 Å². The number of carbonyl (C=O) groups excluding carboxylic acids is 1. The first-order valence-corrected chi connectivity index (χ1v) is 4.72. The Morgan fingerprint density at radius 3 is 2.67 bits per heavy atom. The Labute approximate surface area is 73.3 Å². The monoisotopic (exact) mass is 171 g/mol. The van der Waals surface area contributed by atoms with Crippen LogP contribution in [0, 0.1) is 0 Å². The molecular formula is C9H17NO2. The van der Waals surface area contributed by atoms with Gasteiger partial charge in [-0.05, 0) is 38.6 Å². The molecule has 0 bridgehead atoms. The number of nitrogens with two attached hydrogens (primary N) is 1. The molecular weight excluding hydrogens is 154 g/mol. The van der Waals surface area contributed by atoms with Crippen molar-refractivity contribution in [2.24, 2.45) is 5.73 Å². The van der Waals surface area contributed by atoms with Crippen LogP contribution >= 0.6 is 0 Å². The van der Waals surface area contributed by atoms with Crippen molar-refractivity contribution >= 4 is 5.97 Å². The molecule has 0 unspecified atom stereocenters. The summed E-state index contributed by atoms with van der Waals surface area (Å²) >= 11 is 0. The first-order chi connectivity index (χ1) is 5.83. The zero-order valence-corrected chi connectivity index (χ0v) is 7.42. The van der Waals surface area contributed by atoms with E-state index in [4.69, 9.17) is 10.5 Å². The fourth-order valence-corrected chi connectivity index (χ4v) is 1.50. The number of esters is 1. The van der Waals surface area contributed by atoms with Gasteiger partial charge in [-0.2, -0.15) is 0 Å². The van der Waals surface area contributed by atoms with E-state index in [-0.39, 0.29) is 12.1 Å². The van der Waals surface area contributed by atoms with Crippen LogP contribution in [0.4, 0.5) is 0 Å². The third-order valence-electron chi connectivity index (χ3n) is 2.19. The summed E-state index contributed by atoms with van der Waals surface area (Å²) < 4.78 is 5.22. The van der Waals surface area contributed by atoms with Gasteiger partial charge in [0, 0.05) is 6.42 Å². The highest BCUT2D eigenvalue weighted by Gasteiger charge is 2.18. The summed E-state index contributed by atoms with van der Waals surface area (Å²) in [7, 11) is 0. The Morgan fingerprint density at radius 2 is 2.08 bits per heavy atom. The summed E-state index contributed by atoms with van der Waals surface area (Å²) in [6.07, 6.45) is 5.93. The van der Waals surface area contributed by atoms with Gasteiger partial charge in [0.05, 0.1) is 0 Å². The van der Waals surface area contributed by atoms with E-state index in [1.165, 1.54) is 12.8 Å². The number of carbonyl (C=O) groups is 1. The molecule has 0 spiro atoms. The second-order valence-electron chi connectivity index (χ2n) is 3.29. The van der Waals surface area contributed by atoms with Gasteiger partial charge >= 0.3 is 5.97 Å². The summed E-state index contributed by atoms with van der Waals surface area (Å²) in [4.78, 5) is 11.1. The molecule has 2 N–H and O–H groups in total. The van der Waals surface area contributed by atoms with Crippen molar-refractivity contribution in [3.63, 3.8) is 0 Å². The lowest BCUT2D eigenvalue weighted by molar-refractivity contribution is -0.148. The summed E-state index contributed by atoms with van der Waals surface area (Å²) in [5.74, 6) is -0.0765. The van der Waals surface area contributed by atoms with Crippen LogP contribution in [0.25, 0.3) is 0 Å². The lowest BCUT2D eigenvalue weighted by Gasteiger charge is -2.10. The summed E-state index contributed by atoms with van der Waals surface area (Å²) in [6, 6.07) is 0. The molecule has 0 radical (unpaired) electrons. The van der Waals surface area contributed by atoms with E-state index in [0.29, 0.717) is 13.0 Å². The standard InChI is InChI=1S/C9H17NO2/c10-7-3-6-9(11)12-8-4-1-2-5-8/h8H,1-7,10H2. The van der Waals surface area contributed by atoms with E-state index < -0.39 is 0 Å². The van der Waals surface area contributed by atoms with Gasteiger partial charge in [-0.25, -0.2) is 0 Å². The van der Waals surface area contributed by atoms with E-state index in [9.17, 15) is 4.79 Å². The highest BCUT2D eigenvalue weighted by molar-refractivity contribution is 5.69. The van der Waals surface area contributed by atoms with E-state index in [1.54, 1.807) is 0 Å². The molecule has 0 heterocycles. The van der Waals surface area contributed by atoms with Gasteiger partial charge in [-0.3, -0.25) is 4.79 Å². The van der Waals surface area contributed by atoms with Crippen LogP contribution in [0.2, 0.25) is 0 Å². The molecule has 0 saturated heterocycles. The van der Waals surface area contributed by atoms with Gasteiger partial charge in [0.1, 0.15) is 6.10 Å². The van der Waals surface area contributed by atoms with Crippen molar-refractivity contribution in [1.29, 1.82) is 0 Å². The quantitative estimate of drug-likeness (QED) is 0.647. The normalized spacial score (nSPS) is 18.1. The molecule has 1 fully saturated rings. The molecule has 0 aliphatic heterocycles. The molecule has 0 amide bonds.